The van der Waals surface area contributed by atoms with Crippen molar-refractivity contribution in [3.8, 4) is 0 Å². The fraction of sp³-hybridized carbons (Fsp3) is 0. The third-order valence-electron chi connectivity index (χ3n) is 2.84. The molecule has 2 heterocycles. The fourth-order valence-electron chi connectivity index (χ4n) is 1.87. The lowest BCUT2D eigenvalue weighted by molar-refractivity contribution is -0.130. The van der Waals surface area contributed by atoms with E-state index in [2.05, 4.69) is 4.98 Å². The van der Waals surface area contributed by atoms with Crippen molar-refractivity contribution in [3.63, 3.8) is 0 Å². The first kappa shape index (κ1) is 12.6. The Kier molecular flexibility index (Phi) is 3.35. The summed E-state index contributed by atoms with van der Waals surface area (Å²) in [6.07, 6.45) is 5.09. The Bertz CT molecular complexity index is 703. The van der Waals surface area contributed by atoms with Crippen LogP contribution in [-0.2, 0) is 9.53 Å². The number of carbonyl (C=O) groups excluding carboxylic acids is 1. The summed E-state index contributed by atoms with van der Waals surface area (Å²) in [6, 6.07) is 12.6. The zero-order chi connectivity index (χ0) is 13.9. The highest BCUT2D eigenvalue weighted by molar-refractivity contribution is 6.30. The number of halogens is 1. The van der Waals surface area contributed by atoms with Gasteiger partial charge in [-0.2, -0.15) is 0 Å². The number of ether oxygens (including phenoxy) is 1. The van der Waals surface area contributed by atoms with Gasteiger partial charge in [-0.05, 0) is 48.6 Å². The predicted octanol–water partition coefficient (Wildman–Crippen LogP) is 3.72. The molecule has 0 atom stereocenters. The van der Waals surface area contributed by atoms with Gasteiger partial charge in [0.15, 0.2) is 0 Å². The van der Waals surface area contributed by atoms with Crippen molar-refractivity contribution < 1.29 is 9.53 Å². The summed E-state index contributed by atoms with van der Waals surface area (Å²) in [4.78, 5) is 16.0. The fourth-order valence-corrected chi connectivity index (χ4v) is 1.99. The molecule has 98 valence electrons. The normalized spacial score (nSPS) is 16.1. The molecule has 1 aromatic carbocycles. The van der Waals surface area contributed by atoms with Crippen molar-refractivity contribution in [3.05, 3.63) is 76.6 Å². The van der Waals surface area contributed by atoms with E-state index in [9.17, 15) is 4.79 Å². The van der Waals surface area contributed by atoms with Crippen LogP contribution in [0.25, 0.3) is 11.8 Å². The first-order chi connectivity index (χ1) is 9.72. The molecule has 4 heteroatoms. The van der Waals surface area contributed by atoms with E-state index in [1.54, 1.807) is 30.5 Å². The zero-order valence-corrected chi connectivity index (χ0v) is 11.2. The van der Waals surface area contributed by atoms with Crippen molar-refractivity contribution in [2.45, 2.75) is 0 Å². The molecule has 0 unspecified atom stereocenters. The summed E-state index contributed by atoms with van der Waals surface area (Å²) in [5.41, 5.74) is 2.01. The topological polar surface area (TPSA) is 39.2 Å². The third-order valence-corrected chi connectivity index (χ3v) is 3.10. The van der Waals surface area contributed by atoms with E-state index in [1.165, 1.54) is 0 Å². The molecular weight excluding hydrogens is 274 g/mol. The van der Waals surface area contributed by atoms with Gasteiger partial charge in [-0.15, -0.1) is 0 Å². The summed E-state index contributed by atoms with van der Waals surface area (Å²) < 4.78 is 5.26. The number of hydrogen-bond acceptors (Lipinski definition) is 3. The van der Waals surface area contributed by atoms with E-state index < -0.39 is 0 Å². The standard InChI is InChI=1S/C16H10ClNO2/c17-13-6-4-11(5-7-13)15-10-12(16(19)20-15)9-14-3-1-2-8-18-14/h1-10H/b12-9-. The molecule has 0 aliphatic carbocycles. The van der Waals surface area contributed by atoms with Crippen LogP contribution >= 0.6 is 11.6 Å². The summed E-state index contributed by atoms with van der Waals surface area (Å²) in [5.74, 6) is 0.148. The molecule has 0 amide bonds. The van der Waals surface area contributed by atoms with Gasteiger partial charge in [-0.1, -0.05) is 17.7 Å². The lowest BCUT2D eigenvalue weighted by atomic mass is 10.1. The highest BCUT2D eigenvalue weighted by atomic mass is 35.5. The molecule has 0 saturated carbocycles. The molecular formula is C16H10ClNO2. The predicted molar refractivity (Wildman–Crippen MR) is 77.7 cm³/mol. The van der Waals surface area contributed by atoms with Crippen LogP contribution < -0.4 is 0 Å². The Morgan fingerprint density at radius 3 is 2.60 bits per heavy atom. The minimum absolute atomic E-state index is 0.374. The van der Waals surface area contributed by atoms with Crippen LogP contribution in [0.2, 0.25) is 5.02 Å². The van der Waals surface area contributed by atoms with Crippen LogP contribution in [0.4, 0.5) is 0 Å². The maximum absolute atomic E-state index is 11.8. The molecule has 0 radical (unpaired) electrons. The molecule has 1 aliphatic heterocycles. The van der Waals surface area contributed by atoms with Gasteiger partial charge in [0.1, 0.15) is 5.76 Å². The second kappa shape index (κ2) is 5.31. The SMILES string of the molecule is O=C1OC(c2ccc(Cl)cc2)=C/C1=C/c1ccccn1. The van der Waals surface area contributed by atoms with Gasteiger partial charge in [-0.3, -0.25) is 4.98 Å². The molecule has 3 nitrogen and oxygen atoms in total. The summed E-state index contributed by atoms with van der Waals surface area (Å²) in [7, 11) is 0. The van der Waals surface area contributed by atoms with Crippen molar-refractivity contribution in [1.29, 1.82) is 0 Å². The number of hydrogen-bond donors (Lipinski definition) is 0. The number of benzene rings is 1. The van der Waals surface area contributed by atoms with Crippen LogP contribution in [-0.4, -0.2) is 11.0 Å². The Labute approximate surface area is 121 Å². The molecule has 0 bridgehead atoms. The van der Waals surface area contributed by atoms with Crippen LogP contribution in [0.15, 0.2) is 60.3 Å². The first-order valence-electron chi connectivity index (χ1n) is 6.05. The van der Waals surface area contributed by atoms with E-state index in [1.807, 2.05) is 30.3 Å². The van der Waals surface area contributed by atoms with E-state index in [0.717, 1.165) is 5.56 Å². The Morgan fingerprint density at radius 1 is 1.10 bits per heavy atom. The van der Waals surface area contributed by atoms with Gasteiger partial charge >= 0.3 is 5.97 Å². The number of esters is 1. The van der Waals surface area contributed by atoms with Gasteiger partial charge in [0.25, 0.3) is 0 Å². The minimum atomic E-state index is -0.374. The summed E-state index contributed by atoms with van der Waals surface area (Å²) >= 11 is 5.84. The van der Waals surface area contributed by atoms with E-state index in [4.69, 9.17) is 16.3 Å². The molecule has 0 spiro atoms. The quantitative estimate of drug-likeness (QED) is 0.623. The number of cyclic esters (lactones) is 1. The molecule has 1 aliphatic rings. The Balaban J connectivity index is 1.93. The number of nitrogens with zero attached hydrogens (tertiary/aromatic N) is 1. The Hall–Kier alpha value is -2.39. The molecule has 3 rings (SSSR count). The highest BCUT2D eigenvalue weighted by Gasteiger charge is 2.21. The molecule has 0 N–H and O–H groups in total. The molecule has 0 fully saturated rings. The van der Waals surface area contributed by atoms with Gasteiger partial charge in [0.05, 0.1) is 11.3 Å². The molecule has 1 aromatic heterocycles. The van der Waals surface area contributed by atoms with Gasteiger partial charge < -0.3 is 4.74 Å². The van der Waals surface area contributed by atoms with E-state index >= 15 is 0 Å². The van der Waals surface area contributed by atoms with E-state index in [0.29, 0.717) is 22.0 Å². The van der Waals surface area contributed by atoms with Crippen molar-refractivity contribution in [2.75, 3.05) is 0 Å². The zero-order valence-electron chi connectivity index (χ0n) is 10.4. The van der Waals surface area contributed by atoms with Crippen LogP contribution in [0, 0.1) is 0 Å². The third kappa shape index (κ3) is 2.63. The van der Waals surface area contributed by atoms with E-state index in [-0.39, 0.29) is 5.97 Å². The van der Waals surface area contributed by atoms with Crippen molar-refractivity contribution in [1.82, 2.24) is 4.98 Å². The number of rotatable bonds is 2. The molecule has 2 aromatic rings. The maximum atomic E-state index is 11.8. The Morgan fingerprint density at radius 2 is 1.90 bits per heavy atom. The van der Waals surface area contributed by atoms with Crippen molar-refractivity contribution in [2.24, 2.45) is 0 Å². The summed E-state index contributed by atoms with van der Waals surface area (Å²) in [6.45, 7) is 0. The monoisotopic (exact) mass is 283 g/mol. The summed E-state index contributed by atoms with van der Waals surface area (Å²) in [5, 5.41) is 0.642. The number of pyridine rings is 1. The average molecular weight is 284 g/mol. The molecule has 20 heavy (non-hydrogen) atoms. The average Bonchev–Trinajstić information content (AvgIpc) is 2.82. The van der Waals surface area contributed by atoms with Crippen LogP contribution in [0.5, 0.6) is 0 Å². The number of carbonyl (C=O) groups is 1. The minimum Gasteiger partial charge on any atom is -0.422 e. The molecule has 0 saturated heterocycles. The maximum Gasteiger partial charge on any atom is 0.343 e. The van der Waals surface area contributed by atoms with Gasteiger partial charge in [0, 0.05) is 16.8 Å². The van der Waals surface area contributed by atoms with Crippen LogP contribution in [0.1, 0.15) is 11.3 Å². The van der Waals surface area contributed by atoms with Crippen LogP contribution in [0.3, 0.4) is 0 Å². The lowest BCUT2D eigenvalue weighted by Crippen LogP contribution is -1.97. The first-order valence-corrected chi connectivity index (χ1v) is 6.43. The number of aromatic nitrogens is 1. The second-order valence-corrected chi connectivity index (χ2v) is 4.70. The van der Waals surface area contributed by atoms with Gasteiger partial charge in [0.2, 0.25) is 0 Å². The second-order valence-electron chi connectivity index (χ2n) is 4.26. The smallest absolute Gasteiger partial charge is 0.343 e. The lowest BCUT2D eigenvalue weighted by Gasteiger charge is -2.01. The van der Waals surface area contributed by atoms with Gasteiger partial charge in [-0.25, -0.2) is 4.79 Å². The highest BCUT2D eigenvalue weighted by Crippen LogP contribution is 2.27. The largest absolute Gasteiger partial charge is 0.422 e. The van der Waals surface area contributed by atoms with Crippen molar-refractivity contribution >= 4 is 29.4 Å².